The number of amides is 1. The highest BCUT2D eigenvalue weighted by Crippen LogP contribution is 2.53. The van der Waals surface area contributed by atoms with Crippen LogP contribution in [0.15, 0.2) is 34.6 Å². The fourth-order valence-electron chi connectivity index (χ4n) is 6.20. The molecule has 1 saturated carbocycles. The summed E-state index contributed by atoms with van der Waals surface area (Å²) in [7, 11) is 3.15. The van der Waals surface area contributed by atoms with Crippen molar-refractivity contribution in [2.24, 2.45) is 17.6 Å². The van der Waals surface area contributed by atoms with Crippen LogP contribution in [0.3, 0.4) is 0 Å². The molecule has 0 heterocycles. The first-order chi connectivity index (χ1) is 17.4. The molecule has 37 heavy (non-hydrogen) atoms. The first-order valence-electron chi connectivity index (χ1n) is 12.5. The van der Waals surface area contributed by atoms with Crippen LogP contribution in [0.5, 0.6) is 5.75 Å². The third-order valence-electron chi connectivity index (χ3n) is 7.97. The Labute approximate surface area is 215 Å². The lowest BCUT2D eigenvalue weighted by atomic mass is 9.57. The molecular weight excluding hydrogens is 476 g/mol. The predicted molar refractivity (Wildman–Crippen MR) is 137 cm³/mol. The van der Waals surface area contributed by atoms with Gasteiger partial charge >= 0.3 is 0 Å². The summed E-state index contributed by atoms with van der Waals surface area (Å²) in [6.07, 6.45) is 5.32. The fraction of sp³-hybridized carbons (Fsp3) is 0.464. The summed E-state index contributed by atoms with van der Waals surface area (Å²) in [6, 6.07) is 2.12. The van der Waals surface area contributed by atoms with E-state index in [2.05, 4.69) is 6.92 Å². The Hall–Kier alpha value is -3.43. The number of likely N-dealkylation sites (N-methyl/N-ethyl adjacent to an activating group) is 1. The second-order valence-corrected chi connectivity index (χ2v) is 10.6. The highest BCUT2D eigenvalue weighted by Gasteiger charge is 2.64. The number of hydrogen-bond donors (Lipinski definition) is 5. The van der Waals surface area contributed by atoms with E-state index in [4.69, 9.17) is 5.73 Å². The van der Waals surface area contributed by atoms with Crippen molar-refractivity contribution in [3.63, 3.8) is 0 Å². The molecule has 1 aromatic rings. The zero-order chi connectivity index (χ0) is 27.4. The molecule has 198 valence electrons. The van der Waals surface area contributed by atoms with Gasteiger partial charge in [0, 0.05) is 11.5 Å². The Bertz CT molecular complexity index is 1290. The first-order valence-corrected chi connectivity index (χ1v) is 12.5. The molecule has 4 rings (SSSR count). The number of primary amides is 1. The van der Waals surface area contributed by atoms with Crippen LogP contribution in [0.25, 0.3) is 11.8 Å². The predicted octanol–water partition coefficient (Wildman–Crippen LogP) is 2.56. The number of allylic oxidation sites excluding steroid dienone is 1. The number of carbonyl (C=O) groups is 3. The minimum Gasteiger partial charge on any atom is -0.508 e. The monoisotopic (exact) mass is 510 g/mol. The van der Waals surface area contributed by atoms with Gasteiger partial charge in [0.05, 0.1) is 11.6 Å². The van der Waals surface area contributed by atoms with Crippen molar-refractivity contribution in [3.05, 3.63) is 51.3 Å². The fourth-order valence-corrected chi connectivity index (χ4v) is 6.20. The summed E-state index contributed by atoms with van der Waals surface area (Å²) in [6.45, 7) is 4.13. The van der Waals surface area contributed by atoms with E-state index in [1.807, 2.05) is 13.0 Å². The van der Waals surface area contributed by atoms with Crippen molar-refractivity contribution in [2.45, 2.75) is 57.6 Å². The molecule has 1 aromatic carbocycles. The maximum absolute atomic E-state index is 13.8. The Morgan fingerprint density at radius 3 is 2.49 bits per heavy atom. The molecular formula is C28H34N2O7. The molecule has 0 saturated heterocycles. The molecule has 0 radical (unpaired) electrons. The standard InChI is InChI=1S/C28H34N2O7/c1-5-6-7-13(2)10-14-8-9-18(31)20-16(14)11-15-12-17-22(30(3)4)24(33)21(27(29)36)26(35)28(17,37)25(34)19(15)23(20)32/h8-10,15,17,22,31-32,35,37H,5-7,11-12H2,1-4H3,(H2,29,36)/b13-10+/t15-,17-,22-,28-/m0/s1. The summed E-state index contributed by atoms with van der Waals surface area (Å²) in [5.74, 6) is -6.49. The molecule has 0 bridgehead atoms. The number of unbranched alkanes of at least 4 members (excludes halogenated alkanes) is 1. The smallest absolute Gasteiger partial charge is 0.255 e. The van der Waals surface area contributed by atoms with Crippen LogP contribution in [0.4, 0.5) is 0 Å². The number of rotatable bonds is 6. The van der Waals surface area contributed by atoms with Crippen molar-refractivity contribution in [3.8, 4) is 5.75 Å². The van der Waals surface area contributed by atoms with Crippen LogP contribution in [0.2, 0.25) is 0 Å². The number of Topliss-reactive ketones (excluding diaryl/α,β-unsaturated/α-hetero) is 2. The van der Waals surface area contributed by atoms with Crippen LogP contribution < -0.4 is 5.73 Å². The molecule has 0 unspecified atom stereocenters. The van der Waals surface area contributed by atoms with Gasteiger partial charge in [-0.25, -0.2) is 0 Å². The minimum atomic E-state index is -2.63. The molecule has 4 atom stereocenters. The van der Waals surface area contributed by atoms with Crippen molar-refractivity contribution >= 4 is 29.3 Å². The lowest BCUT2D eigenvalue weighted by Crippen LogP contribution is -2.65. The second-order valence-electron chi connectivity index (χ2n) is 10.6. The number of aliphatic hydroxyl groups is 3. The zero-order valence-electron chi connectivity index (χ0n) is 21.5. The molecule has 1 fully saturated rings. The van der Waals surface area contributed by atoms with Gasteiger partial charge in [0.2, 0.25) is 5.78 Å². The number of ketones is 2. The molecule has 6 N–H and O–H groups in total. The van der Waals surface area contributed by atoms with Gasteiger partial charge in [-0.2, -0.15) is 0 Å². The Morgan fingerprint density at radius 2 is 1.89 bits per heavy atom. The highest BCUT2D eigenvalue weighted by atomic mass is 16.3. The van der Waals surface area contributed by atoms with Gasteiger partial charge in [0.1, 0.15) is 22.8 Å². The molecule has 9 heteroatoms. The average Bonchev–Trinajstić information content (AvgIpc) is 2.81. The van der Waals surface area contributed by atoms with E-state index in [0.29, 0.717) is 5.56 Å². The third-order valence-corrected chi connectivity index (χ3v) is 7.97. The minimum absolute atomic E-state index is 0.0688. The molecule has 1 amide bonds. The molecule has 0 spiro atoms. The van der Waals surface area contributed by atoms with Crippen LogP contribution in [-0.2, 0) is 20.8 Å². The molecule has 9 nitrogen and oxygen atoms in total. The SMILES string of the molecule is CCCC/C(C)=C/c1ccc(O)c2c1C[C@H]1C[C@H]3[C@H](N(C)C)C(=O)C(C(N)=O)=C(O)[C@@]3(O)C(=O)C1=C2O. The number of aliphatic hydroxyl groups excluding tert-OH is 2. The lowest BCUT2D eigenvalue weighted by molar-refractivity contribution is -0.153. The topological polar surface area (TPSA) is 161 Å². The number of carbonyl (C=O) groups excluding carboxylic acids is 3. The molecule has 0 aromatic heterocycles. The number of nitrogens with zero attached hydrogens (tertiary/aromatic N) is 1. The largest absolute Gasteiger partial charge is 0.508 e. The van der Waals surface area contributed by atoms with Crippen molar-refractivity contribution in [1.82, 2.24) is 4.90 Å². The third kappa shape index (κ3) is 3.97. The summed E-state index contributed by atoms with van der Waals surface area (Å²) >= 11 is 0. The average molecular weight is 511 g/mol. The zero-order valence-corrected chi connectivity index (χ0v) is 21.5. The van der Waals surface area contributed by atoms with Gasteiger partial charge in [-0.3, -0.25) is 19.3 Å². The normalized spacial score (nSPS) is 27.8. The number of phenols is 1. The summed E-state index contributed by atoms with van der Waals surface area (Å²) in [5, 5.41) is 44.5. The van der Waals surface area contributed by atoms with Crippen molar-refractivity contribution in [2.75, 3.05) is 14.1 Å². The molecule has 3 aliphatic rings. The van der Waals surface area contributed by atoms with E-state index in [0.717, 1.165) is 30.4 Å². The summed E-state index contributed by atoms with van der Waals surface area (Å²) in [5.41, 5.74) is 4.47. The van der Waals surface area contributed by atoms with Gasteiger partial charge in [-0.1, -0.05) is 31.1 Å². The van der Waals surface area contributed by atoms with Gasteiger partial charge in [0.25, 0.3) is 5.91 Å². The van der Waals surface area contributed by atoms with Crippen molar-refractivity contribution < 1.29 is 34.8 Å². The number of hydrogen-bond acceptors (Lipinski definition) is 8. The number of fused-ring (bicyclic) bond motifs is 3. The molecule has 3 aliphatic carbocycles. The molecule has 0 aliphatic heterocycles. The quantitative estimate of drug-likeness (QED) is 0.365. The summed E-state index contributed by atoms with van der Waals surface area (Å²) in [4.78, 5) is 40.6. The van der Waals surface area contributed by atoms with Gasteiger partial charge in [-0.05, 0) is 69.8 Å². The Morgan fingerprint density at radius 1 is 1.22 bits per heavy atom. The Balaban J connectivity index is 1.92. The summed E-state index contributed by atoms with van der Waals surface area (Å²) < 4.78 is 0. The van der Waals surface area contributed by atoms with Crippen molar-refractivity contribution in [1.29, 1.82) is 0 Å². The van der Waals surface area contributed by atoms with E-state index < -0.39 is 58.0 Å². The number of phenolic OH excluding ortho intramolecular Hbond substituents is 1. The highest BCUT2D eigenvalue weighted by molar-refractivity contribution is 6.24. The van der Waals surface area contributed by atoms with Crippen LogP contribution in [0, 0.1) is 11.8 Å². The number of nitrogens with two attached hydrogens (primary N) is 1. The second kappa shape index (κ2) is 9.46. The van der Waals surface area contributed by atoms with Crippen LogP contribution >= 0.6 is 0 Å². The number of benzene rings is 1. The Kier molecular flexibility index (Phi) is 6.81. The lowest BCUT2D eigenvalue weighted by Gasteiger charge is -2.50. The number of aromatic hydroxyl groups is 1. The maximum atomic E-state index is 13.8. The van der Waals surface area contributed by atoms with Gasteiger partial charge < -0.3 is 26.2 Å². The van der Waals surface area contributed by atoms with E-state index in [-0.39, 0.29) is 29.7 Å². The van der Waals surface area contributed by atoms with E-state index in [9.17, 15) is 34.8 Å². The van der Waals surface area contributed by atoms with Crippen LogP contribution in [0.1, 0.15) is 56.2 Å². The van der Waals surface area contributed by atoms with E-state index >= 15 is 0 Å². The first kappa shape index (κ1) is 26.6. The van der Waals surface area contributed by atoms with Gasteiger partial charge in [0.15, 0.2) is 11.4 Å². The maximum Gasteiger partial charge on any atom is 0.255 e. The van der Waals surface area contributed by atoms with E-state index in [1.165, 1.54) is 11.0 Å². The van der Waals surface area contributed by atoms with Crippen LogP contribution in [-0.4, -0.2) is 68.5 Å². The van der Waals surface area contributed by atoms with Gasteiger partial charge in [-0.15, -0.1) is 0 Å². The van der Waals surface area contributed by atoms with E-state index in [1.54, 1.807) is 20.2 Å².